The third-order valence-electron chi connectivity index (χ3n) is 4.65. The molecule has 0 aromatic carbocycles. The van der Waals surface area contributed by atoms with Crippen molar-refractivity contribution in [3.8, 4) is 0 Å². The Labute approximate surface area is 144 Å². The monoisotopic (exact) mass is 410 g/mol. The molecule has 1 fully saturated rings. The molecule has 1 aliphatic rings. The normalized spacial score (nSPS) is 24.4. The van der Waals surface area contributed by atoms with Gasteiger partial charge in [-0.2, -0.15) is 25.6 Å². The van der Waals surface area contributed by atoms with Crippen molar-refractivity contribution in [2.24, 2.45) is 16.7 Å². The first-order chi connectivity index (χ1) is 11.0. The van der Waals surface area contributed by atoms with Gasteiger partial charge in [0.2, 0.25) is 6.17 Å². The second kappa shape index (κ2) is 6.78. The van der Waals surface area contributed by atoms with Crippen LogP contribution >= 0.6 is 0 Å². The van der Waals surface area contributed by atoms with Crippen LogP contribution in [0.3, 0.4) is 0 Å². The number of alkyl halides is 3. The van der Waals surface area contributed by atoms with Gasteiger partial charge in [-0.3, -0.25) is 8.74 Å². The molecule has 0 aromatic heterocycles. The summed E-state index contributed by atoms with van der Waals surface area (Å²) in [5.41, 5.74) is -1.58. The molecule has 1 aliphatic carbocycles. The topological polar surface area (TPSA) is 115 Å². The van der Waals surface area contributed by atoms with Gasteiger partial charge < -0.3 is 4.79 Å². The van der Waals surface area contributed by atoms with E-state index in [9.17, 15) is 34.8 Å². The van der Waals surface area contributed by atoms with Gasteiger partial charge in [0.1, 0.15) is 12.9 Å². The molecule has 0 aromatic rings. The minimum absolute atomic E-state index is 0.146. The molecule has 12 heteroatoms. The SMILES string of the molecule is CCC(C=O)(CS(=O)(=O)OCC(F)C(F)(F)S(=O)(=O)O)C1CC1(C)C. The van der Waals surface area contributed by atoms with Crippen molar-refractivity contribution >= 4 is 26.5 Å². The first-order valence-electron chi connectivity index (χ1n) is 7.37. The van der Waals surface area contributed by atoms with Gasteiger partial charge in [0, 0.05) is 5.41 Å². The van der Waals surface area contributed by atoms with Gasteiger partial charge in [0.05, 0.1) is 5.75 Å². The minimum atomic E-state index is -6.07. The number of hydrogen-bond acceptors (Lipinski definition) is 6. The summed E-state index contributed by atoms with van der Waals surface area (Å²) < 4.78 is 96.7. The van der Waals surface area contributed by atoms with E-state index in [1.54, 1.807) is 6.92 Å². The van der Waals surface area contributed by atoms with Crippen molar-refractivity contribution in [1.29, 1.82) is 0 Å². The Bertz CT molecular complexity index is 718. The van der Waals surface area contributed by atoms with Gasteiger partial charge >= 0.3 is 15.4 Å². The fourth-order valence-electron chi connectivity index (χ4n) is 2.89. The van der Waals surface area contributed by atoms with Crippen LogP contribution in [-0.2, 0) is 29.2 Å². The number of carbonyl (C=O) groups excluding carboxylic acids is 1. The summed E-state index contributed by atoms with van der Waals surface area (Å²) in [5, 5.41) is -5.21. The molecule has 1 saturated carbocycles. The molecule has 0 amide bonds. The summed E-state index contributed by atoms with van der Waals surface area (Å²) in [6, 6.07) is 0. The molecule has 7 nitrogen and oxygen atoms in total. The molecule has 1 N–H and O–H groups in total. The lowest BCUT2D eigenvalue weighted by molar-refractivity contribution is -0.117. The quantitative estimate of drug-likeness (QED) is 0.332. The summed E-state index contributed by atoms with van der Waals surface area (Å²) in [6.45, 7) is 3.46. The molecule has 3 unspecified atom stereocenters. The molecule has 148 valence electrons. The number of halogens is 3. The van der Waals surface area contributed by atoms with Crippen LogP contribution in [0.2, 0.25) is 0 Å². The lowest BCUT2D eigenvalue weighted by Crippen LogP contribution is -2.42. The van der Waals surface area contributed by atoms with E-state index in [4.69, 9.17) is 4.55 Å². The van der Waals surface area contributed by atoms with E-state index in [0.29, 0.717) is 12.7 Å². The summed E-state index contributed by atoms with van der Waals surface area (Å²) in [7, 11) is -10.7. The Morgan fingerprint density at radius 3 is 2.12 bits per heavy atom. The highest BCUT2D eigenvalue weighted by Crippen LogP contribution is 2.61. The van der Waals surface area contributed by atoms with E-state index in [1.807, 2.05) is 13.8 Å². The fraction of sp³-hybridized carbons (Fsp3) is 0.923. The van der Waals surface area contributed by atoms with Crippen molar-refractivity contribution in [2.45, 2.75) is 45.0 Å². The molecule has 25 heavy (non-hydrogen) atoms. The standard InChI is InChI=1S/C13H21F3O7S2/c1-4-12(7-17,9-5-11(9,2)3)8-24(18,19)23-6-10(14)13(15,16)25(20,21)22/h7,9-10H,4-6,8H2,1-3H3,(H,20,21,22). The summed E-state index contributed by atoms with van der Waals surface area (Å²) >= 11 is 0. The number of hydrogen-bond donors (Lipinski definition) is 1. The average Bonchev–Trinajstić information content (AvgIpc) is 3.10. The van der Waals surface area contributed by atoms with Gasteiger partial charge in [0.25, 0.3) is 10.1 Å². The Balaban J connectivity index is 2.87. The van der Waals surface area contributed by atoms with E-state index in [0.717, 1.165) is 0 Å². The highest BCUT2D eigenvalue weighted by Gasteiger charge is 2.59. The van der Waals surface area contributed by atoms with Crippen LogP contribution < -0.4 is 0 Å². The van der Waals surface area contributed by atoms with Gasteiger partial charge in [-0.1, -0.05) is 20.8 Å². The molecule has 0 saturated heterocycles. The maximum Gasteiger partial charge on any atom is 0.402 e. The number of rotatable bonds is 10. The first kappa shape index (κ1) is 22.3. The third-order valence-corrected chi connectivity index (χ3v) is 6.98. The molecule has 0 aliphatic heterocycles. The molecular formula is C13H21F3O7S2. The van der Waals surface area contributed by atoms with E-state index >= 15 is 0 Å². The summed E-state index contributed by atoms with van der Waals surface area (Å²) in [4.78, 5) is 11.5. The molecule has 1 rings (SSSR count). The van der Waals surface area contributed by atoms with Crippen LogP contribution in [0.5, 0.6) is 0 Å². The Hall–Kier alpha value is -0.720. The zero-order chi connectivity index (χ0) is 19.9. The van der Waals surface area contributed by atoms with Gasteiger partial charge in [-0.25, -0.2) is 4.39 Å². The maximum absolute atomic E-state index is 13.3. The van der Waals surface area contributed by atoms with Crippen LogP contribution in [0.4, 0.5) is 13.2 Å². The Morgan fingerprint density at radius 2 is 1.80 bits per heavy atom. The Kier molecular flexibility index (Phi) is 6.05. The lowest BCUT2D eigenvalue weighted by Gasteiger charge is -2.28. The molecule has 0 heterocycles. The number of aldehydes is 1. The van der Waals surface area contributed by atoms with Crippen LogP contribution in [-0.4, -0.2) is 51.5 Å². The van der Waals surface area contributed by atoms with E-state index in [-0.39, 0.29) is 17.8 Å². The largest absolute Gasteiger partial charge is 0.402 e. The van der Waals surface area contributed by atoms with E-state index in [1.165, 1.54) is 0 Å². The second-order valence-electron chi connectivity index (χ2n) is 6.94. The van der Waals surface area contributed by atoms with Crippen molar-refractivity contribution in [3.63, 3.8) is 0 Å². The highest BCUT2D eigenvalue weighted by molar-refractivity contribution is 7.87. The van der Waals surface area contributed by atoms with Crippen molar-refractivity contribution in [3.05, 3.63) is 0 Å². The molecule has 3 atom stereocenters. The minimum Gasteiger partial charge on any atom is -0.303 e. The molecule has 0 bridgehead atoms. The van der Waals surface area contributed by atoms with Gasteiger partial charge in [-0.15, -0.1) is 0 Å². The van der Waals surface area contributed by atoms with Crippen LogP contribution in [0, 0.1) is 16.7 Å². The predicted octanol–water partition coefficient (Wildman–Crippen LogP) is 1.79. The maximum atomic E-state index is 13.3. The summed E-state index contributed by atoms with van der Waals surface area (Å²) in [6.07, 6.45) is -2.39. The average molecular weight is 410 g/mol. The Morgan fingerprint density at radius 1 is 1.32 bits per heavy atom. The van der Waals surface area contributed by atoms with Crippen molar-refractivity contribution < 1.29 is 43.5 Å². The molecule has 0 radical (unpaired) electrons. The van der Waals surface area contributed by atoms with Gasteiger partial charge in [-0.05, 0) is 24.2 Å². The fourth-order valence-corrected chi connectivity index (χ4v) is 4.82. The summed E-state index contributed by atoms with van der Waals surface area (Å²) in [5.74, 6) is -1.10. The van der Waals surface area contributed by atoms with Crippen molar-refractivity contribution in [2.75, 3.05) is 12.4 Å². The first-order valence-corrected chi connectivity index (χ1v) is 10.4. The van der Waals surface area contributed by atoms with E-state index < -0.39 is 49.4 Å². The zero-order valence-corrected chi connectivity index (χ0v) is 15.5. The number of carbonyl (C=O) groups is 1. The van der Waals surface area contributed by atoms with Gasteiger partial charge in [0.15, 0.2) is 0 Å². The zero-order valence-electron chi connectivity index (χ0n) is 13.9. The second-order valence-corrected chi connectivity index (χ2v) is 10.1. The predicted molar refractivity (Wildman–Crippen MR) is 81.8 cm³/mol. The molecular weight excluding hydrogens is 389 g/mol. The molecule has 0 spiro atoms. The van der Waals surface area contributed by atoms with Crippen LogP contribution in [0.1, 0.15) is 33.6 Å². The highest BCUT2D eigenvalue weighted by atomic mass is 32.2. The third kappa shape index (κ3) is 4.72. The van der Waals surface area contributed by atoms with Crippen LogP contribution in [0.25, 0.3) is 0 Å². The van der Waals surface area contributed by atoms with Crippen molar-refractivity contribution in [1.82, 2.24) is 0 Å². The van der Waals surface area contributed by atoms with E-state index in [2.05, 4.69) is 4.18 Å². The lowest BCUT2D eigenvalue weighted by atomic mass is 9.80. The van der Waals surface area contributed by atoms with Crippen LogP contribution in [0.15, 0.2) is 0 Å². The smallest absolute Gasteiger partial charge is 0.303 e.